The zero-order chi connectivity index (χ0) is 15.9. The SMILES string of the molecule is C#CCN1CCN(CC(O)COc2c(C)cccc2C)CC1. The van der Waals surface area contributed by atoms with Crippen LogP contribution in [0.4, 0.5) is 0 Å². The molecule has 1 atom stereocenters. The summed E-state index contributed by atoms with van der Waals surface area (Å²) in [7, 11) is 0. The standard InChI is InChI=1S/C18H26N2O2/c1-4-8-19-9-11-20(12-10-19)13-17(21)14-22-18-15(2)6-5-7-16(18)3/h1,5-7,17,21H,8-14H2,2-3H3. The number of β-amino-alcohol motifs (C(OH)–C–C–N with tert-alkyl or cyclic N) is 1. The van der Waals surface area contributed by atoms with Crippen LogP contribution in [0.15, 0.2) is 18.2 Å². The summed E-state index contributed by atoms with van der Waals surface area (Å²) in [6.07, 6.45) is 4.86. The van der Waals surface area contributed by atoms with E-state index < -0.39 is 6.10 Å². The van der Waals surface area contributed by atoms with E-state index in [0.717, 1.165) is 43.1 Å². The zero-order valence-corrected chi connectivity index (χ0v) is 13.6. The van der Waals surface area contributed by atoms with Crippen LogP contribution in [0.5, 0.6) is 5.75 Å². The summed E-state index contributed by atoms with van der Waals surface area (Å²) in [5.74, 6) is 3.57. The predicted octanol–water partition coefficient (Wildman–Crippen LogP) is 1.29. The Bertz CT molecular complexity index is 496. The molecule has 1 aromatic carbocycles. The topological polar surface area (TPSA) is 35.9 Å². The summed E-state index contributed by atoms with van der Waals surface area (Å²) in [5, 5.41) is 10.2. The summed E-state index contributed by atoms with van der Waals surface area (Å²) >= 11 is 0. The largest absolute Gasteiger partial charge is 0.490 e. The number of aliphatic hydroxyl groups is 1. The molecule has 0 saturated carbocycles. The fourth-order valence-electron chi connectivity index (χ4n) is 2.82. The Hall–Kier alpha value is -1.54. The van der Waals surface area contributed by atoms with Crippen LogP contribution in [0.25, 0.3) is 0 Å². The molecule has 1 aliphatic heterocycles. The molecule has 1 aliphatic rings. The minimum absolute atomic E-state index is 0.330. The van der Waals surface area contributed by atoms with E-state index in [-0.39, 0.29) is 0 Å². The van der Waals surface area contributed by atoms with Gasteiger partial charge in [-0.05, 0) is 25.0 Å². The first-order valence-corrected chi connectivity index (χ1v) is 7.85. The van der Waals surface area contributed by atoms with E-state index in [1.54, 1.807) is 0 Å². The molecule has 0 aromatic heterocycles. The van der Waals surface area contributed by atoms with Crippen molar-refractivity contribution in [3.63, 3.8) is 0 Å². The molecule has 0 aliphatic carbocycles. The van der Waals surface area contributed by atoms with Crippen LogP contribution in [-0.2, 0) is 0 Å². The number of aryl methyl sites for hydroxylation is 2. The van der Waals surface area contributed by atoms with Crippen LogP contribution in [0.1, 0.15) is 11.1 Å². The summed E-state index contributed by atoms with van der Waals surface area (Å²) in [6, 6.07) is 6.07. The number of hydrogen-bond acceptors (Lipinski definition) is 4. The summed E-state index contributed by atoms with van der Waals surface area (Å²) < 4.78 is 5.82. The lowest BCUT2D eigenvalue weighted by atomic mass is 10.1. The Morgan fingerprint density at radius 3 is 2.36 bits per heavy atom. The van der Waals surface area contributed by atoms with Crippen LogP contribution in [0, 0.1) is 26.2 Å². The maximum absolute atomic E-state index is 10.2. The molecule has 0 spiro atoms. The number of para-hydroxylation sites is 1. The molecule has 1 aromatic rings. The minimum Gasteiger partial charge on any atom is -0.490 e. The van der Waals surface area contributed by atoms with Crippen LogP contribution in [-0.4, -0.2) is 66.9 Å². The van der Waals surface area contributed by atoms with Crippen molar-refractivity contribution < 1.29 is 9.84 Å². The van der Waals surface area contributed by atoms with E-state index >= 15 is 0 Å². The first-order chi connectivity index (χ1) is 10.6. The van der Waals surface area contributed by atoms with Crippen molar-refractivity contribution in [3.8, 4) is 18.1 Å². The van der Waals surface area contributed by atoms with Gasteiger partial charge in [0.05, 0.1) is 6.54 Å². The molecule has 1 heterocycles. The first-order valence-electron chi connectivity index (χ1n) is 7.85. The van der Waals surface area contributed by atoms with Crippen molar-refractivity contribution in [2.75, 3.05) is 45.9 Å². The molecule has 0 amide bonds. The van der Waals surface area contributed by atoms with Crippen molar-refractivity contribution >= 4 is 0 Å². The normalized spacial score (nSPS) is 17.9. The fourth-order valence-corrected chi connectivity index (χ4v) is 2.82. The molecule has 4 heteroatoms. The van der Waals surface area contributed by atoms with Crippen molar-refractivity contribution in [1.29, 1.82) is 0 Å². The number of terminal acetylenes is 1. The van der Waals surface area contributed by atoms with Gasteiger partial charge in [0.15, 0.2) is 0 Å². The summed E-state index contributed by atoms with van der Waals surface area (Å²) in [5.41, 5.74) is 2.21. The second-order valence-electron chi connectivity index (χ2n) is 5.97. The fraction of sp³-hybridized carbons (Fsp3) is 0.556. The van der Waals surface area contributed by atoms with Crippen molar-refractivity contribution in [2.45, 2.75) is 20.0 Å². The van der Waals surface area contributed by atoms with Gasteiger partial charge in [-0.3, -0.25) is 9.80 Å². The van der Waals surface area contributed by atoms with Crippen LogP contribution >= 0.6 is 0 Å². The Morgan fingerprint density at radius 2 is 1.77 bits per heavy atom. The van der Waals surface area contributed by atoms with Gasteiger partial charge in [-0.15, -0.1) is 6.42 Å². The number of ether oxygens (including phenoxy) is 1. The lowest BCUT2D eigenvalue weighted by Gasteiger charge is -2.34. The highest BCUT2D eigenvalue weighted by Gasteiger charge is 2.19. The second kappa shape index (κ2) is 8.19. The molecule has 1 saturated heterocycles. The van der Waals surface area contributed by atoms with Gasteiger partial charge in [0, 0.05) is 32.7 Å². The molecule has 4 nitrogen and oxygen atoms in total. The molecule has 22 heavy (non-hydrogen) atoms. The average Bonchev–Trinajstić information content (AvgIpc) is 2.49. The molecule has 0 bridgehead atoms. The number of aliphatic hydroxyl groups excluding tert-OH is 1. The molecule has 120 valence electrons. The number of hydrogen-bond donors (Lipinski definition) is 1. The van der Waals surface area contributed by atoms with Gasteiger partial charge < -0.3 is 9.84 Å². The highest BCUT2D eigenvalue weighted by atomic mass is 16.5. The van der Waals surface area contributed by atoms with Crippen molar-refractivity contribution in [1.82, 2.24) is 9.80 Å². The lowest BCUT2D eigenvalue weighted by molar-refractivity contribution is 0.0481. The Kier molecular flexibility index (Phi) is 6.26. The van der Waals surface area contributed by atoms with Crippen molar-refractivity contribution in [3.05, 3.63) is 29.3 Å². The van der Waals surface area contributed by atoms with Crippen molar-refractivity contribution in [2.24, 2.45) is 0 Å². The average molecular weight is 302 g/mol. The van der Waals surface area contributed by atoms with Gasteiger partial charge in [0.2, 0.25) is 0 Å². The smallest absolute Gasteiger partial charge is 0.125 e. The van der Waals surface area contributed by atoms with Gasteiger partial charge >= 0.3 is 0 Å². The van der Waals surface area contributed by atoms with Gasteiger partial charge in [0.1, 0.15) is 18.5 Å². The van der Waals surface area contributed by atoms with Crippen LogP contribution < -0.4 is 4.74 Å². The first kappa shape index (κ1) is 16.8. The number of piperazine rings is 1. The monoisotopic (exact) mass is 302 g/mol. The molecule has 2 rings (SSSR count). The highest BCUT2D eigenvalue weighted by Crippen LogP contribution is 2.22. The van der Waals surface area contributed by atoms with E-state index in [0.29, 0.717) is 19.7 Å². The molecule has 1 N–H and O–H groups in total. The van der Waals surface area contributed by atoms with E-state index in [1.165, 1.54) is 0 Å². The Balaban J connectivity index is 1.75. The molecule has 1 fully saturated rings. The second-order valence-corrected chi connectivity index (χ2v) is 5.97. The third-order valence-corrected chi connectivity index (χ3v) is 4.08. The Labute approximate surface area is 133 Å². The number of rotatable bonds is 6. The van der Waals surface area contributed by atoms with Gasteiger partial charge in [0.25, 0.3) is 0 Å². The van der Waals surface area contributed by atoms with Gasteiger partial charge in [-0.2, -0.15) is 0 Å². The van der Waals surface area contributed by atoms with E-state index in [2.05, 4.69) is 15.7 Å². The minimum atomic E-state index is -0.474. The quantitative estimate of drug-likeness (QED) is 0.804. The van der Waals surface area contributed by atoms with Crippen LogP contribution in [0.3, 0.4) is 0 Å². The van der Waals surface area contributed by atoms with Crippen LogP contribution in [0.2, 0.25) is 0 Å². The zero-order valence-electron chi connectivity index (χ0n) is 13.6. The maximum atomic E-state index is 10.2. The Morgan fingerprint density at radius 1 is 1.18 bits per heavy atom. The van der Waals surface area contributed by atoms with E-state index in [9.17, 15) is 5.11 Å². The lowest BCUT2D eigenvalue weighted by Crippen LogP contribution is -2.49. The number of nitrogens with zero attached hydrogens (tertiary/aromatic N) is 2. The van der Waals surface area contributed by atoms with Gasteiger partial charge in [-0.25, -0.2) is 0 Å². The molecule has 0 radical (unpaired) electrons. The maximum Gasteiger partial charge on any atom is 0.125 e. The highest BCUT2D eigenvalue weighted by molar-refractivity contribution is 5.39. The third-order valence-electron chi connectivity index (χ3n) is 4.08. The van der Waals surface area contributed by atoms with E-state index in [1.807, 2.05) is 32.0 Å². The third kappa shape index (κ3) is 4.74. The number of benzene rings is 1. The van der Waals surface area contributed by atoms with Gasteiger partial charge in [-0.1, -0.05) is 24.1 Å². The summed E-state index contributed by atoms with van der Waals surface area (Å²) in [4.78, 5) is 4.53. The summed E-state index contributed by atoms with van der Waals surface area (Å²) in [6.45, 7) is 9.57. The van der Waals surface area contributed by atoms with E-state index in [4.69, 9.17) is 11.2 Å². The molecule has 1 unspecified atom stereocenters. The molecular weight excluding hydrogens is 276 g/mol. The predicted molar refractivity (Wildman–Crippen MR) is 89.1 cm³/mol. The molecular formula is C18H26N2O2.